The summed E-state index contributed by atoms with van der Waals surface area (Å²) in [7, 11) is 0. The topological polar surface area (TPSA) is 53.6 Å². The van der Waals surface area contributed by atoms with E-state index in [-0.39, 0.29) is 12.1 Å². The first kappa shape index (κ1) is 18.2. The van der Waals surface area contributed by atoms with Crippen molar-refractivity contribution in [2.24, 2.45) is 0 Å². The SMILES string of the molecule is CC(CNC(=O)OC(C)(C)C)NCCN1CCCCCC1. The van der Waals surface area contributed by atoms with E-state index in [1.54, 1.807) is 0 Å². The van der Waals surface area contributed by atoms with E-state index >= 15 is 0 Å². The molecule has 2 N–H and O–H groups in total. The summed E-state index contributed by atoms with van der Waals surface area (Å²) < 4.78 is 5.22. The summed E-state index contributed by atoms with van der Waals surface area (Å²) in [5, 5.41) is 6.26. The second kappa shape index (κ2) is 9.26. The maximum atomic E-state index is 11.6. The molecule has 0 saturated carbocycles. The van der Waals surface area contributed by atoms with Gasteiger partial charge in [0.05, 0.1) is 0 Å². The molecule has 0 aromatic heterocycles. The lowest BCUT2D eigenvalue weighted by molar-refractivity contribution is 0.0523. The van der Waals surface area contributed by atoms with E-state index < -0.39 is 5.60 Å². The third-order valence-electron chi connectivity index (χ3n) is 3.57. The number of ether oxygens (including phenoxy) is 1. The van der Waals surface area contributed by atoms with E-state index in [1.807, 2.05) is 20.8 Å². The van der Waals surface area contributed by atoms with Crippen LogP contribution in [0, 0.1) is 0 Å². The molecule has 0 aliphatic carbocycles. The molecule has 1 atom stereocenters. The fraction of sp³-hybridized carbons (Fsp3) is 0.938. The van der Waals surface area contributed by atoms with Crippen LogP contribution in [0.15, 0.2) is 0 Å². The molecule has 1 amide bonds. The van der Waals surface area contributed by atoms with Gasteiger partial charge in [0.2, 0.25) is 0 Å². The molecule has 0 radical (unpaired) electrons. The Morgan fingerprint density at radius 2 is 1.81 bits per heavy atom. The number of likely N-dealkylation sites (tertiary alicyclic amines) is 1. The number of hydrogen-bond acceptors (Lipinski definition) is 4. The Hall–Kier alpha value is -0.810. The maximum Gasteiger partial charge on any atom is 0.407 e. The average Bonchev–Trinajstić information content (AvgIpc) is 2.63. The van der Waals surface area contributed by atoms with Gasteiger partial charge < -0.3 is 20.3 Å². The zero-order valence-electron chi connectivity index (χ0n) is 14.2. The summed E-state index contributed by atoms with van der Waals surface area (Å²) in [6.45, 7) is 12.8. The number of amides is 1. The fourth-order valence-corrected chi connectivity index (χ4v) is 2.45. The molecule has 124 valence electrons. The Balaban J connectivity index is 2.07. The van der Waals surface area contributed by atoms with E-state index in [4.69, 9.17) is 4.74 Å². The van der Waals surface area contributed by atoms with Crippen LogP contribution >= 0.6 is 0 Å². The van der Waals surface area contributed by atoms with Gasteiger partial charge in [-0.05, 0) is 53.6 Å². The molecule has 0 aromatic carbocycles. The van der Waals surface area contributed by atoms with Gasteiger partial charge >= 0.3 is 6.09 Å². The maximum absolute atomic E-state index is 11.6. The molecule has 1 aliphatic heterocycles. The largest absolute Gasteiger partial charge is 0.444 e. The molecular formula is C16H33N3O2. The minimum atomic E-state index is -0.437. The number of carbonyl (C=O) groups excluding carboxylic acids is 1. The predicted octanol–water partition coefficient (Wildman–Crippen LogP) is 2.37. The summed E-state index contributed by atoms with van der Waals surface area (Å²) in [5.74, 6) is 0. The standard InChI is InChI=1S/C16H33N3O2/c1-14(13-18-15(20)21-16(2,3)4)17-9-12-19-10-7-5-6-8-11-19/h14,17H,5-13H2,1-4H3,(H,18,20). The van der Waals surface area contributed by atoms with Crippen molar-refractivity contribution < 1.29 is 9.53 Å². The minimum Gasteiger partial charge on any atom is -0.444 e. The molecule has 1 saturated heterocycles. The molecule has 21 heavy (non-hydrogen) atoms. The van der Waals surface area contributed by atoms with Gasteiger partial charge in [0, 0.05) is 25.7 Å². The highest BCUT2D eigenvalue weighted by atomic mass is 16.6. The Bertz CT molecular complexity index is 294. The highest BCUT2D eigenvalue weighted by Gasteiger charge is 2.16. The first-order chi connectivity index (χ1) is 9.87. The van der Waals surface area contributed by atoms with Crippen molar-refractivity contribution in [1.29, 1.82) is 0 Å². The molecule has 1 fully saturated rings. The minimum absolute atomic E-state index is 0.254. The van der Waals surface area contributed by atoms with Crippen LogP contribution in [-0.2, 0) is 4.74 Å². The normalized spacial score (nSPS) is 18.9. The number of rotatable bonds is 6. The monoisotopic (exact) mass is 299 g/mol. The quantitative estimate of drug-likeness (QED) is 0.790. The van der Waals surface area contributed by atoms with Gasteiger partial charge in [-0.3, -0.25) is 0 Å². The van der Waals surface area contributed by atoms with Crippen molar-refractivity contribution in [3.63, 3.8) is 0 Å². The van der Waals surface area contributed by atoms with Crippen LogP contribution in [0.25, 0.3) is 0 Å². The van der Waals surface area contributed by atoms with E-state index in [0.717, 1.165) is 13.1 Å². The van der Waals surface area contributed by atoms with Crippen molar-refractivity contribution >= 4 is 6.09 Å². The second-order valence-corrected chi connectivity index (χ2v) is 6.99. The molecule has 5 heteroatoms. The molecule has 1 heterocycles. The highest BCUT2D eigenvalue weighted by molar-refractivity contribution is 5.67. The van der Waals surface area contributed by atoms with E-state index in [9.17, 15) is 4.79 Å². The molecular weight excluding hydrogens is 266 g/mol. The van der Waals surface area contributed by atoms with Crippen LogP contribution in [-0.4, -0.2) is 55.4 Å². The van der Waals surface area contributed by atoms with Crippen molar-refractivity contribution in [3.8, 4) is 0 Å². The van der Waals surface area contributed by atoms with Crippen LogP contribution < -0.4 is 10.6 Å². The summed E-state index contributed by atoms with van der Waals surface area (Å²) in [6, 6.07) is 0.254. The number of hydrogen-bond donors (Lipinski definition) is 2. The van der Waals surface area contributed by atoms with Crippen LogP contribution in [0.4, 0.5) is 4.79 Å². The Labute approximate surface area is 129 Å². The number of nitrogens with one attached hydrogen (secondary N) is 2. The molecule has 5 nitrogen and oxygen atoms in total. The van der Waals surface area contributed by atoms with Crippen LogP contribution in [0.5, 0.6) is 0 Å². The van der Waals surface area contributed by atoms with Crippen molar-refractivity contribution in [2.45, 2.75) is 65.0 Å². The Kier molecular flexibility index (Phi) is 8.04. The van der Waals surface area contributed by atoms with E-state index in [2.05, 4.69) is 22.5 Å². The van der Waals surface area contributed by atoms with Crippen molar-refractivity contribution in [1.82, 2.24) is 15.5 Å². The first-order valence-corrected chi connectivity index (χ1v) is 8.29. The Morgan fingerprint density at radius 1 is 1.19 bits per heavy atom. The number of nitrogens with zero attached hydrogens (tertiary/aromatic N) is 1. The fourth-order valence-electron chi connectivity index (χ4n) is 2.45. The predicted molar refractivity (Wildman–Crippen MR) is 86.6 cm³/mol. The summed E-state index contributed by atoms with van der Waals surface area (Å²) in [5.41, 5.74) is -0.437. The molecule has 1 rings (SSSR count). The zero-order valence-corrected chi connectivity index (χ0v) is 14.2. The highest BCUT2D eigenvalue weighted by Crippen LogP contribution is 2.08. The summed E-state index contributed by atoms with van der Waals surface area (Å²) in [6.07, 6.45) is 5.06. The smallest absolute Gasteiger partial charge is 0.407 e. The Morgan fingerprint density at radius 3 is 2.38 bits per heavy atom. The van der Waals surface area contributed by atoms with E-state index in [1.165, 1.54) is 38.8 Å². The number of carbonyl (C=O) groups is 1. The lowest BCUT2D eigenvalue weighted by Crippen LogP contribution is -2.43. The lowest BCUT2D eigenvalue weighted by Gasteiger charge is -2.23. The summed E-state index contributed by atoms with van der Waals surface area (Å²) in [4.78, 5) is 14.1. The van der Waals surface area contributed by atoms with Gasteiger partial charge in [-0.2, -0.15) is 0 Å². The number of alkyl carbamates (subject to hydrolysis) is 1. The van der Waals surface area contributed by atoms with Gasteiger partial charge in [0.25, 0.3) is 0 Å². The lowest BCUT2D eigenvalue weighted by atomic mass is 10.2. The average molecular weight is 299 g/mol. The summed E-state index contributed by atoms with van der Waals surface area (Å²) >= 11 is 0. The van der Waals surface area contributed by atoms with Crippen molar-refractivity contribution in [2.75, 3.05) is 32.7 Å². The van der Waals surface area contributed by atoms with Gasteiger partial charge in [0.1, 0.15) is 5.60 Å². The van der Waals surface area contributed by atoms with Crippen LogP contribution in [0.2, 0.25) is 0 Å². The molecule has 0 aromatic rings. The molecule has 1 unspecified atom stereocenters. The van der Waals surface area contributed by atoms with Gasteiger partial charge in [-0.15, -0.1) is 0 Å². The molecule has 1 aliphatic rings. The zero-order chi connectivity index (χ0) is 15.7. The molecule has 0 bridgehead atoms. The third kappa shape index (κ3) is 9.69. The molecule has 0 spiro atoms. The van der Waals surface area contributed by atoms with Crippen molar-refractivity contribution in [3.05, 3.63) is 0 Å². The van der Waals surface area contributed by atoms with Gasteiger partial charge in [-0.25, -0.2) is 4.79 Å². The van der Waals surface area contributed by atoms with E-state index in [0.29, 0.717) is 6.54 Å². The van der Waals surface area contributed by atoms with Crippen LogP contribution in [0.1, 0.15) is 53.4 Å². The van der Waals surface area contributed by atoms with Crippen LogP contribution in [0.3, 0.4) is 0 Å². The first-order valence-electron chi connectivity index (χ1n) is 8.29. The van der Waals surface area contributed by atoms with Gasteiger partial charge in [0.15, 0.2) is 0 Å². The second-order valence-electron chi connectivity index (χ2n) is 6.99. The third-order valence-corrected chi connectivity index (χ3v) is 3.57. The van der Waals surface area contributed by atoms with Gasteiger partial charge in [-0.1, -0.05) is 12.8 Å².